The third-order valence-corrected chi connectivity index (χ3v) is 8.38. The summed E-state index contributed by atoms with van der Waals surface area (Å²) in [5.74, 6) is 0. The number of hydrogen-bond donors (Lipinski definition) is 2. The molecule has 8 aromatic rings. The molecule has 8 nitrogen and oxygen atoms in total. The second kappa shape index (κ2) is 22.7. The van der Waals surface area contributed by atoms with E-state index in [0.29, 0.717) is 0 Å². The quantitative estimate of drug-likeness (QED) is 0.138. The van der Waals surface area contributed by atoms with E-state index in [-0.39, 0.29) is 32.7 Å². The molecule has 6 aromatic heterocycles. The monoisotopic (exact) mass is 834 g/mol. The fraction of sp³-hybridized carbons (Fsp3) is 0.0417. The molecule has 9 heteroatoms. The van der Waals surface area contributed by atoms with Gasteiger partial charge >= 0.3 is 0 Å². The third-order valence-electron chi connectivity index (χ3n) is 8.38. The van der Waals surface area contributed by atoms with E-state index in [1.54, 1.807) is 37.2 Å². The number of pyridine rings is 6. The average Bonchev–Trinajstić information content (AvgIpc) is 3.29. The van der Waals surface area contributed by atoms with Gasteiger partial charge in [-0.15, -0.1) is 0 Å². The molecule has 282 valence electrons. The first-order chi connectivity index (χ1) is 27.7. The molecule has 0 spiro atoms. The first-order valence-electron chi connectivity index (χ1n) is 18.0. The van der Waals surface area contributed by atoms with E-state index >= 15 is 0 Å². The van der Waals surface area contributed by atoms with Crippen molar-refractivity contribution in [1.29, 1.82) is 0 Å². The molecule has 0 amide bonds. The van der Waals surface area contributed by atoms with Gasteiger partial charge in [-0.2, -0.15) is 0 Å². The summed E-state index contributed by atoms with van der Waals surface area (Å²) in [5.41, 5.74) is 11.0. The van der Waals surface area contributed by atoms with Crippen molar-refractivity contribution in [2.24, 2.45) is 0 Å². The van der Waals surface area contributed by atoms with Crippen LogP contribution in [-0.4, -0.2) is 40.1 Å². The predicted molar refractivity (Wildman–Crippen MR) is 225 cm³/mol. The largest absolute Gasteiger partial charge is 0.392 e. The van der Waals surface area contributed by atoms with Crippen LogP contribution in [0.1, 0.15) is 33.4 Å². The number of benzene rings is 2. The van der Waals surface area contributed by atoms with Gasteiger partial charge in [-0.3, -0.25) is 29.9 Å². The molecule has 0 saturated carbocycles. The van der Waals surface area contributed by atoms with E-state index in [1.165, 1.54) is 0 Å². The molecule has 0 aliphatic heterocycles. The van der Waals surface area contributed by atoms with Crippen molar-refractivity contribution in [3.63, 3.8) is 0 Å². The number of rotatable bonds is 9. The minimum atomic E-state index is 0. The predicted octanol–water partition coefficient (Wildman–Crippen LogP) is 9.75. The first-order valence-corrected chi connectivity index (χ1v) is 18.0. The standard InChI is InChI=1S/C28H24N2O2.2C10H8N2.Ru/c31-19-25-7-3-1-5-23(25)11-9-21-13-15-29-27(17-21)28-18-22(14-16-30-28)10-12-24-6-2-4-8-26(24)20-32;2*1-3-7-11-9(5-1)10-6-2-4-8-12-10;/h1-18,31-32H,19-20H2;2*1-8H;/b11-9+,12-10+;;;. The topological polar surface area (TPSA) is 118 Å². The molecular weight excluding hydrogens is 794 g/mol. The number of aliphatic hydroxyl groups excluding tert-OH is 2. The number of hydrogen-bond acceptors (Lipinski definition) is 8. The third kappa shape index (κ3) is 12.7. The van der Waals surface area contributed by atoms with Crippen molar-refractivity contribution in [2.45, 2.75) is 13.2 Å². The summed E-state index contributed by atoms with van der Waals surface area (Å²) in [5, 5.41) is 19.0. The molecule has 0 aliphatic carbocycles. The minimum absolute atomic E-state index is 0. The van der Waals surface area contributed by atoms with E-state index in [2.05, 4.69) is 29.9 Å². The Kier molecular flexibility index (Phi) is 16.5. The van der Waals surface area contributed by atoms with Crippen LogP contribution in [0.4, 0.5) is 0 Å². The van der Waals surface area contributed by atoms with Crippen molar-refractivity contribution in [2.75, 3.05) is 0 Å². The summed E-state index contributed by atoms with van der Waals surface area (Å²) >= 11 is 0. The van der Waals surface area contributed by atoms with Gasteiger partial charge in [-0.25, -0.2) is 0 Å². The Bertz CT molecular complexity index is 2200. The maximum Gasteiger partial charge on any atom is 0.0892 e. The molecule has 0 aliphatic rings. The molecule has 0 atom stereocenters. The van der Waals surface area contributed by atoms with Crippen LogP contribution in [0.2, 0.25) is 0 Å². The number of aromatic nitrogens is 6. The SMILES string of the molecule is OCc1ccccc1/C=C/c1ccnc(-c2cc(/C=C/c3ccccc3CO)ccn2)c1.[Ru].c1ccc(-c2ccccn2)nc1.c1ccc(-c2ccccn2)nc1. The van der Waals surface area contributed by atoms with E-state index < -0.39 is 0 Å². The smallest absolute Gasteiger partial charge is 0.0892 e. The van der Waals surface area contributed by atoms with E-state index in [9.17, 15) is 10.2 Å². The van der Waals surface area contributed by atoms with Crippen molar-refractivity contribution in [3.05, 3.63) is 216 Å². The van der Waals surface area contributed by atoms with E-state index in [4.69, 9.17) is 0 Å². The zero-order valence-electron chi connectivity index (χ0n) is 31.0. The molecule has 8 rings (SSSR count). The van der Waals surface area contributed by atoms with Crippen LogP contribution < -0.4 is 0 Å². The van der Waals surface area contributed by atoms with Crippen LogP contribution in [0.5, 0.6) is 0 Å². The summed E-state index contributed by atoms with van der Waals surface area (Å²) in [6.45, 7) is 0.0181. The van der Waals surface area contributed by atoms with Gasteiger partial charge in [0.2, 0.25) is 0 Å². The normalized spacial score (nSPS) is 10.5. The minimum Gasteiger partial charge on any atom is -0.392 e. The van der Waals surface area contributed by atoms with Crippen LogP contribution in [-0.2, 0) is 32.7 Å². The van der Waals surface area contributed by atoms with Crippen LogP contribution in [0.3, 0.4) is 0 Å². The second-order valence-electron chi connectivity index (χ2n) is 12.2. The Morgan fingerprint density at radius 1 is 0.333 bits per heavy atom. The summed E-state index contributed by atoms with van der Waals surface area (Å²) in [6, 6.07) is 46.6. The van der Waals surface area contributed by atoms with Gasteiger partial charge in [-0.05, 0) is 106 Å². The van der Waals surface area contributed by atoms with Crippen LogP contribution in [0.25, 0.3) is 58.5 Å². The van der Waals surface area contributed by atoms with Gasteiger partial charge in [0, 0.05) is 56.7 Å². The summed E-state index contributed by atoms with van der Waals surface area (Å²) in [4.78, 5) is 25.7. The van der Waals surface area contributed by atoms with E-state index in [0.717, 1.165) is 67.5 Å². The second-order valence-corrected chi connectivity index (χ2v) is 12.2. The molecule has 2 N–H and O–H groups in total. The van der Waals surface area contributed by atoms with Crippen molar-refractivity contribution in [3.8, 4) is 34.2 Å². The van der Waals surface area contributed by atoms with Gasteiger partial charge in [0.15, 0.2) is 0 Å². The molecule has 0 saturated heterocycles. The molecule has 0 unspecified atom stereocenters. The first kappa shape index (κ1) is 41.5. The number of nitrogens with zero attached hydrogens (tertiary/aromatic N) is 6. The molecule has 57 heavy (non-hydrogen) atoms. The Morgan fingerprint density at radius 2 is 0.649 bits per heavy atom. The van der Waals surface area contributed by atoms with Gasteiger partial charge in [0.1, 0.15) is 0 Å². The van der Waals surface area contributed by atoms with Crippen LogP contribution >= 0.6 is 0 Å². The Morgan fingerprint density at radius 3 is 0.965 bits per heavy atom. The Hall–Kier alpha value is -6.64. The zero-order chi connectivity index (χ0) is 38.6. The molecule has 2 aromatic carbocycles. The van der Waals surface area contributed by atoms with Crippen molar-refractivity contribution >= 4 is 24.3 Å². The summed E-state index contributed by atoms with van der Waals surface area (Å²) in [7, 11) is 0. The Labute approximate surface area is 345 Å². The summed E-state index contributed by atoms with van der Waals surface area (Å²) < 4.78 is 0. The van der Waals surface area contributed by atoms with Gasteiger partial charge in [0.25, 0.3) is 0 Å². The van der Waals surface area contributed by atoms with Crippen molar-refractivity contribution in [1.82, 2.24) is 29.9 Å². The maximum absolute atomic E-state index is 9.51. The van der Waals surface area contributed by atoms with Gasteiger partial charge in [-0.1, -0.05) is 97.1 Å². The summed E-state index contributed by atoms with van der Waals surface area (Å²) in [6.07, 6.45) is 18.6. The molecular formula is C48H40N6O2Ru. The fourth-order valence-electron chi connectivity index (χ4n) is 5.49. The molecule has 0 bridgehead atoms. The fourth-order valence-corrected chi connectivity index (χ4v) is 5.49. The van der Waals surface area contributed by atoms with Gasteiger partial charge in [0.05, 0.1) is 47.4 Å². The molecule has 6 heterocycles. The molecule has 0 radical (unpaired) electrons. The zero-order valence-corrected chi connectivity index (χ0v) is 32.7. The van der Waals surface area contributed by atoms with Crippen LogP contribution in [0, 0.1) is 0 Å². The molecule has 0 fully saturated rings. The Balaban J connectivity index is 0.000000201. The van der Waals surface area contributed by atoms with Gasteiger partial charge < -0.3 is 10.2 Å². The van der Waals surface area contributed by atoms with Crippen LogP contribution in [0.15, 0.2) is 183 Å². The van der Waals surface area contributed by atoms with Crippen molar-refractivity contribution < 1.29 is 29.7 Å². The maximum atomic E-state index is 9.51. The van der Waals surface area contributed by atoms with E-state index in [1.807, 2.05) is 170 Å². The number of aliphatic hydroxyl groups is 2. The average molecular weight is 834 g/mol.